The fourth-order valence-corrected chi connectivity index (χ4v) is 2.28. The van der Waals surface area contributed by atoms with Gasteiger partial charge in [0, 0.05) is 12.6 Å². The van der Waals surface area contributed by atoms with E-state index >= 15 is 0 Å². The molecule has 3 heteroatoms. The molecule has 1 unspecified atom stereocenters. The Hall–Kier alpha value is -1.61. The minimum Gasteiger partial charge on any atom is -0.469 e. The van der Waals surface area contributed by atoms with Crippen LogP contribution in [0.25, 0.3) is 0 Å². The number of nitrogens with one attached hydrogen (secondary N) is 1. The highest BCUT2D eigenvalue weighted by Crippen LogP contribution is 2.20. The molecule has 0 saturated heterocycles. The zero-order chi connectivity index (χ0) is 13.5. The van der Waals surface area contributed by atoms with Gasteiger partial charge in [0.15, 0.2) is 0 Å². The van der Waals surface area contributed by atoms with Gasteiger partial charge in [-0.2, -0.15) is 0 Å². The van der Waals surface area contributed by atoms with E-state index in [9.17, 15) is 0 Å². The molecular formula is C16H22N2O. The van der Waals surface area contributed by atoms with Crippen molar-refractivity contribution in [2.45, 2.75) is 39.2 Å². The van der Waals surface area contributed by atoms with E-state index < -0.39 is 0 Å². The van der Waals surface area contributed by atoms with Crippen molar-refractivity contribution in [3.63, 3.8) is 0 Å². The molecule has 19 heavy (non-hydrogen) atoms. The molecule has 0 amide bonds. The monoisotopic (exact) mass is 258 g/mol. The van der Waals surface area contributed by atoms with Gasteiger partial charge in [0.1, 0.15) is 5.76 Å². The first-order valence-corrected chi connectivity index (χ1v) is 7.04. The molecule has 0 aliphatic rings. The average molecular weight is 258 g/mol. The number of aryl methyl sites for hydroxylation is 1. The van der Waals surface area contributed by atoms with E-state index in [-0.39, 0.29) is 6.04 Å². The Balaban J connectivity index is 2.20. The van der Waals surface area contributed by atoms with E-state index in [1.165, 1.54) is 5.56 Å². The van der Waals surface area contributed by atoms with Gasteiger partial charge in [-0.25, -0.2) is 0 Å². The summed E-state index contributed by atoms with van der Waals surface area (Å²) in [5.41, 5.74) is 2.46. The van der Waals surface area contributed by atoms with Crippen molar-refractivity contribution >= 4 is 0 Å². The van der Waals surface area contributed by atoms with E-state index in [0.29, 0.717) is 0 Å². The van der Waals surface area contributed by atoms with E-state index in [1.54, 1.807) is 6.26 Å². The highest BCUT2D eigenvalue weighted by molar-refractivity contribution is 5.24. The second-order valence-electron chi connectivity index (χ2n) is 4.69. The first-order valence-electron chi connectivity index (χ1n) is 7.04. The van der Waals surface area contributed by atoms with Gasteiger partial charge in [0.25, 0.3) is 0 Å². The third-order valence-electron chi connectivity index (χ3n) is 3.26. The Morgan fingerprint density at radius 3 is 2.84 bits per heavy atom. The highest BCUT2D eigenvalue weighted by atomic mass is 16.3. The summed E-state index contributed by atoms with van der Waals surface area (Å²) in [5, 5.41) is 3.58. The molecule has 2 aromatic rings. The first-order chi connectivity index (χ1) is 9.35. The zero-order valence-electron chi connectivity index (χ0n) is 11.7. The molecule has 102 valence electrons. The largest absolute Gasteiger partial charge is 0.469 e. The van der Waals surface area contributed by atoms with Gasteiger partial charge in [0.05, 0.1) is 18.0 Å². The van der Waals surface area contributed by atoms with E-state index in [4.69, 9.17) is 4.42 Å². The SMILES string of the molecule is CCCNC(Cc1ccco1)c1ncccc1CC. The number of nitrogens with zero attached hydrogens (tertiary/aromatic N) is 1. The van der Waals surface area contributed by atoms with Crippen LogP contribution in [0, 0.1) is 0 Å². The van der Waals surface area contributed by atoms with Crippen LogP contribution in [0.2, 0.25) is 0 Å². The maximum absolute atomic E-state index is 5.47. The molecular weight excluding hydrogens is 236 g/mol. The van der Waals surface area contributed by atoms with Crippen molar-refractivity contribution in [2.75, 3.05) is 6.54 Å². The van der Waals surface area contributed by atoms with Gasteiger partial charge in [0.2, 0.25) is 0 Å². The summed E-state index contributed by atoms with van der Waals surface area (Å²) in [6.45, 7) is 5.34. The van der Waals surface area contributed by atoms with Crippen LogP contribution in [0.15, 0.2) is 41.1 Å². The van der Waals surface area contributed by atoms with E-state index in [2.05, 4.69) is 30.2 Å². The van der Waals surface area contributed by atoms with Crippen molar-refractivity contribution in [1.82, 2.24) is 10.3 Å². The number of hydrogen-bond donors (Lipinski definition) is 1. The smallest absolute Gasteiger partial charge is 0.105 e. The van der Waals surface area contributed by atoms with Gasteiger partial charge in [-0.15, -0.1) is 0 Å². The zero-order valence-corrected chi connectivity index (χ0v) is 11.7. The molecule has 2 aromatic heterocycles. The van der Waals surface area contributed by atoms with Crippen molar-refractivity contribution in [1.29, 1.82) is 0 Å². The van der Waals surface area contributed by atoms with Crippen LogP contribution >= 0.6 is 0 Å². The molecule has 3 nitrogen and oxygen atoms in total. The Labute approximate surface area is 115 Å². The molecule has 1 atom stereocenters. The predicted molar refractivity (Wildman–Crippen MR) is 77.1 cm³/mol. The number of aromatic nitrogens is 1. The fraction of sp³-hybridized carbons (Fsp3) is 0.438. The van der Waals surface area contributed by atoms with Crippen molar-refractivity contribution in [3.05, 3.63) is 53.7 Å². The molecule has 0 radical (unpaired) electrons. The molecule has 2 rings (SSSR count). The topological polar surface area (TPSA) is 38.1 Å². The minimum atomic E-state index is 0.224. The summed E-state index contributed by atoms with van der Waals surface area (Å²) in [6, 6.07) is 8.35. The second kappa shape index (κ2) is 7.10. The molecule has 0 aliphatic heterocycles. The third-order valence-corrected chi connectivity index (χ3v) is 3.26. The molecule has 0 aliphatic carbocycles. The van der Waals surface area contributed by atoms with Crippen LogP contribution in [-0.4, -0.2) is 11.5 Å². The van der Waals surface area contributed by atoms with E-state index in [0.717, 1.165) is 37.3 Å². The Kier molecular flexibility index (Phi) is 5.16. The van der Waals surface area contributed by atoms with Gasteiger partial charge < -0.3 is 9.73 Å². The van der Waals surface area contributed by atoms with Gasteiger partial charge in [-0.1, -0.05) is 19.9 Å². The normalized spacial score (nSPS) is 12.5. The van der Waals surface area contributed by atoms with E-state index in [1.807, 2.05) is 24.4 Å². The molecule has 0 fully saturated rings. The lowest BCUT2D eigenvalue weighted by atomic mass is 10.0. The number of rotatable bonds is 7. The average Bonchev–Trinajstić information content (AvgIpc) is 2.96. The number of hydrogen-bond acceptors (Lipinski definition) is 3. The van der Waals surface area contributed by atoms with Crippen molar-refractivity contribution in [2.24, 2.45) is 0 Å². The molecule has 0 bridgehead atoms. The lowest BCUT2D eigenvalue weighted by Crippen LogP contribution is -2.26. The number of furan rings is 1. The summed E-state index contributed by atoms with van der Waals surface area (Å²) in [4.78, 5) is 4.58. The third kappa shape index (κ3) is 3.67. The van der Waals surface area contributed by atoms with Crippen LogP contribution < -0.4 is 5.32 Å². The van der Waals surface area contributed by atoms with Crippen LogP contribution in [-0.2, 0) is 12.8 Å². The van der Waals surface area contributed by atoms with Crippen molar-refractivity contribution < 1.29 is 4.42 Å². The van der Waals surface area contributed by atoms with Gasteiger partial charge in [-0.3, -0.25) is 4.98 Å². The highest BCUT2D eigenvalue weighted by Gasteiger charge is 2.17. The standard InChI is InChI=1S/C16H22N2O/c1-3-9-17-15(12-14-8-6-11-19-14)16-13(4-2)7-5-10-18-16/h5-8,10-11,15,17H,3-4,9,12H2,1-2H3. The minimum absolute atomic E-state index is 0.224. The second-order valence-corrected chi connectivity index (χ2v) is 4.69. The molecule has 0 saturated carbocycles. The number of pyridine rings is 1. The quantitative estimate of drug-likeness (QED) is 0.825. The summed E-state index contributed by atoms with van der Waals surface area (Å²) in [5.74, 6) is 1.00. The molecule has 0 spiro atoms. The van der Waals surface area contributed by atoms with Crippen LogP contribution in [0.3, 0.4) is 0 Å². The summed E-state index contributed by atoms with van der Waals surface area (Å²) in [7, 11) is 0. The van der Waals surface area contributed by atoms with Crippen LogP contribution in [0.1, 0.15) is 43.3 Å². The van der Waals surface area contributed by atoms with Crippen molar-refractivity contribution in [3.8, 4) is 0 Å². The Morgan fingerprint density at radius 1 is 1.26 bits per heavy atom. The van der Waals surface area contributed by atoms with Crippen LogP contribution in [0.5, 0.6) is 0 Å². The lowest BCUT2D eigenvalue weighted by Gasteiger charge is -2.19. The predicted octanol–water partition coefficient (Wildman–Crippen LogP) is 3.52. The maximum atomic E-state index is 5.47. The molecule has 2 heterocycles. The lowest BCUT2D eigenvalue weighted by molar-refractivity contribution is 0.442. The van der Waals surface area contributed by atoms with Crippen LogP contribution in [0.4, 0.5) is 0 Å². The summed E-state index contributed by atoms with van der Waals surface area (Å²) < 4.78 is 5.47. The fourth-order valence-electron chi connectivity index (χ4n) is 2.28. The van der Waals surface area contributed by atoms with Gasteiger partial charge >= 0.3 is 0 Å². The Bertz CT molecular complexity index is 479. The van der Waals surface area contributed by atoms with Gasteiger partial charge in [-0.05, 0) is 43.1 Å². The molecule has 0 aromatic carbocycles. The maximum Gasteiger partial charge on any atom is 0.105 e. The first kappa shape index (κ1) is 13.8. The summed E-state index contributed by atoms with van der Waals surface area (Å²) >= 11 is 0. The summed E-state index contributed by atoms with van der Waals surface area (Å²) in [6.07, 6.45) is 6.56. The Morgan fingerprint density at radius 2 is 2.16 bits per heavy atom. The molecule has 1 N–H and O–H groups in total.